The Balaban J connectivity index is 5.50. The van der Waals surface area contributed by atoms with Crippen molar-refractivity contribution in [3.05, 3.63) is 0 Å². The highest BCUT2D eigenvalue weighted by Gasteiger charge is 2.42. The molecule has 0 saturated heterocycles. The highest BCUT2D eigenvalue weighted by Crippen LogP contribution is 2.41. The quantitative estimate of drug-likeness (QED) is 0.291. The fraction of sp³-hybridized carbons (Fsp3) is 0.917. The highest BCUT2D eigenvalue weighted by atomic mass is 28.4. The first kappa shape index (κ1) is 27.9. The number of aliphatic hydroxyl groups excluding tert-OH is 1. The Bertz CT molecular complexity index is 485. The van der Waals surface area contributed by atoms with Gasteiger partial charge in [-0.05, 0) is 54.0 Å². The SMILES string of the molecule is CC(C)[Si](C#C[C@H](C)C[C@@H](CCCO)O[Si](C)(C)C(C)(C)C)(C(C)C)C(C)C. The summed E-state index contributed by atoms with van der Waals surface area (Å²) in [7, 11) is -3.50. The van der Waals surface area contributed by atoms with Crippen LogP contribution in [0.2, 0.25) is 34.8 Å². The number of rotatable bonds is 10. The lowest BCUT2D eigenvalue weighted by Gasteiger charge is -2.40. The minimum absolute atomic E-state index is 0.200. The summed E-state index contributed by atoms with van der Waals surface area (Å²) < 4.78 is 6.72. The first-order valence-electron chi connectivity index (χ1n) is 11.4. The minimum Gasteiger partial charge on any atom is -0.414 e. The summed E-state index contributed by atoms with van der Waals surface area (Å²) in [5, 5.41) is 9.54. The van der Waals surface area contributed by atoms with E-state index in [0.717, 1.165) is 19.3 Å². The van der Waals surface area contributed by atoms with Crippen molar-refractivity contribution in [2.45, 2.75) is 129 Å². The highest BCUT2D eigenvalue weighted by molar-refractivity contribution is 6.90. The van der Waals surface area contributed by atoms with Gasteiger partial charge < -0.3 is 9.53 Å². The van der Waals surface area contributed by atoms with Gasteiger partial charge in [0.05, 0.1) is 0 Å². The van der Waals surface area contributed by atoms with Gasteiger partial charge in [-0.15, -0.1) is 11.5 Å². The second-order valence-corrected chi connectivity index (χ2v) is 21.5. The standard InChI is InChI=1S/C24H50O2Si2/c1-19(2)28(20(3)4,21(5)6)17-15-22(7)18-23(14-13-16-25)26-27(11,12)24(8,9)10/h19-23,25H,13-14,16,18H2,1-12H3/t22-,23+/m0/s1. The molecule has 0 aromatic carbocycles. The molecule has 28 heavy (non-hydrogen) atoms. The van der Waals surface area contributed by atoms with Crippen molar-refractivity contribution in [2.24, 2.45) is 5.92 Å². The zero-order valence-corrected chi connectivity index (χ0v) is 23.1. The van der Waals surface area contributed by atoms with Crippen LogP contribution in [0.25, 0.3) is 0 Å². The fourth-order valence-electron chi connectivity index (χ4n) is 4.27. The molecule has 2 nitrogen and oxygen atoms in total. The van der Waals surface area contributed by atoms with Crippen LogP contribution in [0.15, 0.2) is 0 Å². The molecule has 4 heteroatoms. The van der Waals surface area contributed by atoms with Gasteiger partial charge >= 0.3 is 0 Å². The van der Waals surface area contributed by atoms with E-state index >= 15 is 0 Å². The third-order valence-electron chi connectivity index (χ3n) is 6.97. The van der Waals surface area contributed by atoms with Crippen molar-refractivity contribution in [3.63, 3.8) is 0 Å². The largest absolute Gasteiger partial charge is 0.414 e. The monoisotopic (exact) mass is 426 g/mol. The van der Waals surface area contributed by atoms with Gasteiger partial charge in [-0.3, -0.25) is 0 Å². The number of hydrogen-bond donors (Lipinski definition) is 1. The number of hydrogen-bond acceptors (Lipinski definition) is 2. The van der Waals surface area contributed by atoms with Crippen molar-refractivity contribution < 1.29 is 9.53 Å². The van der Waals surface area contributed by atoms with E-state index in [9.17, 15) is 5.11 Å². The van der Waals surface area contributed by atoms with E-state index in [1.807, 2.05) is 0 Å². The van der Waals surface area contributed by atoms with Gasteiger partial charge in [0.15, 0.2) is 8.32 Å². The first-order valence-corrected chi connectivity index (χ1v) is 16.6. The average molecular weight is 427 g/mol. The second kappa shape index (κ2) is 11.3. The van der Waals surface area contributed by atoms with Crippen molar-refractivity contribution in [2.75, 3.05) is 6.61 Å². The summed E-state index contributed by atoms with van der Waals surface area (Å²) >= 11 is 0. The van der Waals surface area contributed by atoms with Crippen LogP contribution in [0, 0.1) is 17.4 Å². The predicted octanol–water partition coefficient (Wildman–Crippen LogP) is 7.40. The Morgan fingerprint density at radius 1 is 0.893 bits per heavy atom. The lowest BCUT2D eigenvalue weighted by molar-refractivity contribution is 0.139. The summed E-state index contributed by atoms with van der Waals surface area (Å²) in [6.07, 6.45) is 2.90. The smallest absolute Gasteiger partial charge is 0.192 e. The van der Waals surface area contributed by atoms with Crippen molar-refractivity contribution >= 4 is 16.4 Å². The van der Waals surface area contributed by atoms with Gasteiger partial charge in [0, 0.05) is 18.6 Å². The van der Waals surface area contributed by atoms with Gasteiger partial charge in [-0.1, -0.05) is 69.2 Å². The molecular weight excluding hydrogens is 376 g/mol. The summed E-state index contributed by atoms with van der Waals surface area (Å²) in [4.78, 5) is 0. The molecular formula is C24H50O2Si2. The van der Waals surface area contributed by atoms with Crippen molar-refractivity contribution in [1.29, 1.82) is 0 Å². The Hall–Kier alpha value is -0.0862. The molecule has 0 aromatic rings. The summed E-state index contributed by atoms with van der Waals surface area (Å²) in [6.45, 7) is 28.2. The molecule has 0 amide bonds. The molecule has 0 rings (SSSR count). The van der Waals surface area contributed by atoms with Crippen LogP contribution in [-0.4, -0.2) is 34.2 Å². The molecule has 0 radical (unpaired) electrons. The van der Waals surface area contributed by atoms with E-state index in [2.05, 4.69) is 93.8 Å². The Kier molecular flexibility index (Phi) is 11.3. The Labute approximate surface area is 179 Å². The van der Waals surface area contributed by atoms with Crippen LogP contribution in [0.3, 0.4) is 0 Å². The molecule has 0 aliphatic rings. The third-order valence-corrected chi connectivity index (χ3v) is 17.8. The molecule has 2 atom stereocenters. The van der Waals surface area contributed by atoms with Crippen LogP contribution in [0.4, 0.5) is 0 Å². The van der Waals surface area contributed by atoms with E-state index in [0.29, 0.717) is 22.5 Å². The van der Waals surface area contributed by atoms with Gasteiger partial charge in [0.25, 0.3) is 0 Å². The fourth-order valence-corrected chi connectivity index (χ4v) is 11.0. The van der Waals surface area contributed by atoms with Crippen LogP contribution < -0.4 is 0 Å². The maximum atomic E-state index is 9.33. The minimum atomic E-state index is -1.82. The summed E-state index contributed by atoms with van der Waals surface area (Å²) in [5.41, 5.74) is 5.88. The molecule has 0 saturated carbocycles. The van der Waals surface area contributed by atoms with Gasteiger partial charge in [-0.25, -0.2) is 0 Å². The summed E-state index contributed by atoms with van der Waals surface area (Å²) in [5.74, 6) is 4.01. The zero-order valence-electron chi connectivity index (χ0n) is 21.1. The molecule has 0 aromatic heterocycles. The van der Waals surface area contributed by atoms with E-state index < -0.39 is 16.4 Å². The van der Waals surface area contributed by atoms with E-state index in [4.69, 9.17) is 4.43 Å². The lowest BCUT2D eigenvalue weighted by Crippen LogP contribution is -2.44. The normalized spacial score (nSPS) is 15.7. The maximum Gasteiger partial charge on any atom is 0.192 e. The Morgan fingerprint density at radius 3 is 1.71 bits per heavy atom. The molecule has 0 bridgehead atoms. The van der Waals surface area contributed by atoms with Crippen molar-refractivity contribution in [3.8, 4) is 11.5 Å². The van der Waals surface area contributed by atoms with Gasteiger partial charge in [-0.2, -0.15) is 0 Å². The lowest BCUT2D eigenvalue weighted by atomic mass is 10.0. The van der Waals surface area contributed by atoms with Crippen molar-refractivity contribution in [1.82, 2.24) is 0 Å². The molecule has 0 fully saturated rings. The molecule has 1 N–H and O–H groups in total. The molecule has 166 valence electrons. The average Bonchev–Trinajstić information content (AvgIpc) is 2.50. The van der Waals surface area contributed by atoms with Crippen LogP contribution in [0.5, 0.6) is 0 Å². The topological polar surface area (TPSA) is 29.5 Å². The van der Waals surface area contributed by atoms with E-state index in [-0.39, 0.29) is 17.7 Å². The number of aliphatic hydroxyl groups is 1. The summed E-state index contributed by atoms with van der Waals surface area (Å²) in [6, 6.07) is 0. The van der Waals surface area contributed by atoms with Crippen LogP contribution in [0.1, 0.15) is 88.5 Å². The maximum absolute atomic E-state index is 9.33. The zero-order chi connectivity index (χ0) is 22.3. The van der Waals surface area contributed by atoms with E-state index in [1.165, 1.54) is 0 Å². The first-order chi connectivity index (χ1) is 12.6. The molecule has 0 spiro atoms. The van der Waals surface area contributed by atoms with E-state index in [1.54, 1.807) is 0 Å². The van der Waals surface area contributed by atoms with Gasteiger partial charge in [0.2, 0.25) is 0 Å². The second-order valence-electron chi connectivity index (χ2n) is 11.2. The van der Waals surface area contributed by atoms with Crippen LogP contribution in [-0.2, 0) is 4.43 Å². The predicted molar refractivity (Wildman–Crippen MR) is 131 cm³/mol. The van der Waals surface area contributed by atoms with Gasteiger partial charge in [0.1, 0.15) is 8.07 Å². The van der Waals surface area contributed by atoms with Crippen LogP contribution >= 0.6 is 0 Å². The molecule has 0 heterocycles. The third kappa shape index (κ3) is 7.63. The molecule has 0 aliphatic heterocycles. The molecule has 0 aliphatic carbocycles. The Morgan fingerprint density at radius 2 is 1.36 bits per heavy atom. The molecule has 0 unspecified atom stereocenters.